The molecule has 0 aromatic heterocycles. The highest BCUT2D eigenvalue weighted by atomic mass is 16.3. The number of hydrogen-bond donors (Lipinski definition) is 1. The van der Waals surface area contributed by atoms with Gasteiger partial charge < -0.3 is 5.11 Å². The highest BCUT2D eigenvalue weighted by Gasteiger charge is 2.52. The van der Waals surface area contributed by atoms with E-state index in [0.29, 0.717) is 0 Å². The highest BCUT2D eigenvalue weighted by molar-refractivity contribution is 5.13. The van der Waals surface area contributed by atoms with Gasteiger partial charge in [0.2, 0.25) is 0 Å². The lowest BCUT2D eigenvalue weighted by Crippen LogP contribution is -2.50. The summed E-state index contributed by atoms with van der Waals surface area (Å²) in [6.45, 7) is 2.23. The molecule has 2 nitrogen and oxygen atoms in total. The van der Waals surface area contributed by atoms with Crippen LogP contribution in [0.25, 0.3) is 0 Å². The van der Waals surface area contributed by atoms with Crippen molar-refractivity contribution >= 4 is 0 Å². The first-order chi connectivity index (χ1) is 8.66. The molecule has 0 aromatic rings. The van der Waals surface area contributed by atoms with Crippen LogP contribution >= 0.6 is 0 Å². The van der Waals surface area contributed by atoms with E-state index in [2.05, 4.69) is 13.0 Å². The zero-order valence-corrected chi connectivity index (χ0v) is 11.7. The lowest BCUT2D eigenvalue weighted by molar-refractivity contribution is -0.105. The fraction of sp³-hybridized carbons (Fsp3) is 0.938. The first-order valence-corrected chi connectivity index (χ1v) is 7.79. The van der Waals surface area contributed by atoms with Crippen molar-refractivity contribution in [2.45, 2.75) is 83.2 Å². The van der Waals surface area contributed by atoms with Gasteiger partial charge in [-0.05, 0) is 44.4 Å². The van der Waals surface area contributed by atoms with Crippen molar-refractivity contribution in [2.24, 2.45) is 11.3 Å². The molecule has 102 valence electrons. The molecule has 0 saturated heterocycles. The zero-order chi connectivity index (χ0) is 13.1. The SMILES string of the molecule is CCCC1CCC(O)(C2(C#N)CCCCC2)CC1. The van der Waals surface area contributed by atoms with Gasteiger partial charge >= 0.3 is 0 Å². The molecule has 1 N–H and O–H groups in total. The summed E-state index contributed by atoms with van der Waals surface area (Å²) in [5.41, 5.74) is -1.12. The van der Waals surface area contributed by atoms with Gasteiger partial charge in [-0.3, -0.25) is 0 Å². The molecule has 0 amide bonds. The van der Waals surface area contributed by atoms with Crippen LogP contribution in [-0.2, 0) is 0 Å². The third-order valence-electron chi connectivity index (χ3n) is 5.44. The van der Waals surface area contributed by atoms with Crippen molar-refractivity contribution < 1.29 is 5.11 Å². The number of rotatable bonds is 3. The average Bonchev–Trinajstić information content (AvgIpc) is 2.42. The molecule has 0 atom stereocenters. The van der Waals surface area contributed by atoms with Crippen LogP contribution in [0.5, 0.6) is 0 Å². The van der Waals surface area contributed by atoms with Gasteiger partial charge in [0, 0.05) is 0 Å². The Kier molecular flexibility index (Phi) is 4.33. The molecule has 0 aliphatic heterocycles. The Bertz CT molecular complexity index is 304. The molecule has 18 heavy (non-hydrogen) atoms. The van der Waals surface area contributed by atoms with E-state index < -0.39 is 11.0 Å². The second-order valence-corrected chi connectivity index (χ2v) is 6.52. The number of aliphatic hydroxyl groups is 1. The monoisotopic (exact) mass is 249 g/mol. The Morgan fingerprint density at radius 1 is 1.11 bits per heavy atom. The third-order valence-corrected chi connectivity index (χ3v) is 5.44. The maximum absolute atomic E-state index is 11.0. The number of hydrogen-bond acceptors (Lipinski definition) is 2. The lowest BCUT2D eigenvalue weighted by Gasteiger charge is -2.48. The van der Waals surface area contributed by atoms with Crippen LogP contribution in [0.3, 0.4) is 0 Å². The van der Waals surface area contributed by atoms with Crippen LogP contribution in [0, 0.1) is 22.7 Å². The summed E-state index contributed by atoms with van der Waals surface area (Å²) in [6, 6.07) is 2.52. The van der Waals surface area contributed by atoms with E-state index in [9.17, 15) is 10.4 Å². The second kappa shape index (κ2) is 5.61. The Morgan fingerprint density at radius 2 is 1.72 bits per heavy atom. The summed E-state index contributed by atoms with van der Waals surface area (Å²) >= 11 is 0. The van der Waals surface area contributed by atoms with E-state index in [1.54, 1.807) is 0 Å². The highest BCUT2D eigenvalue weighted by Crippen LogP contribution is 2.51. The molecular weight excluding hydrogens is 222 g/mol. The van der Waals surface area contributed by atoms with Crippen LogP contribution in [0.1, 0.15) is 77.6 Å². The molecule has 2 heteroatoms. The van der Waals surface area contributed by atoms with Gasteiger partial charge in [0.05, 0.1) is 17.1 Å². The van der Waals surface area contributed by atoms with Crippen molar-refractivity contribution in [2.75, 3.05) is 0 Å². The van der Waals surface area contributed by atoms with Crippen molar-refractivity contribution in [1.82, 2.24) is 0 Å². The number of nitrogens with zero attached hydrogens (tertiary/aromatic N) is 1. The van der Waals surface area contributed by atoms with Gasteiger partial charge in [0.25, 0.3) is 0 Å². The Labute approximate surface area is 111 Å². The molecule has 2 rings (SSSR count). The quantitative estimate of drug-likeness (QED) is 0.815. The van der Waals surface area contributed by atoms with E-state index in [4.69, 9.17) is 0 Å². The topological polar surface area (TPSA) is 44.0 Å². The summed E-state index contributed by atoms with van der Waals surface area (Å²) in [5.74, 6) is 0.787. The fourth-order valence-electron chi connectivity index (χ4n) is 4.17. The summed E-state index contributed by atoms with van der Waals surface area (Å²) in [5, 5.41) is 20.6. The van der Waals surface area contributed by atoms with Crippen molar-refractivity contribution in [3.05, 3.63) is 0 Å². The molecule has 0 heterocycles. The van der Waals surface area contributed by atoms with Crippen LogP contribution in [0.4, 0.5) is 0 Å². The molecule has 0 spiro atoms. The van der Waals surface area contributed by atoms with E-state index >= 15 is 0 Å². The summed E-state index contributed by atoms with van der Waals surface area (Å²) in [7, 11) is 0. The van der Waals surface area contributed by atoms with E-state index in [-0.39, 0.29) is 0 Å². The van der Waals surface area contributed by atoms with Crippen LogP contribution in [0.15, 0.2) is 0 Å². The van der Waals surface area contributed by atoms with Crippen molar-refractivity contribution in [3.63, 3.8) is 0 Å². The lowest BCUT2D eigenvalue weighted by atomic mass is 9.58. The molecule has 0 bridgehead atoms. The first kappa shape index (κ1) is 13.9. The zero-order valence-electron chi connectivity index (χ0n) is 11.7. The average molecular weight is 249 g/mol. The van der Waals surface area contributed by atoms with E-state index in [0.717, 1.165) is 57.3 Å². The Balaban J connectivity index is 2.05. The smallest absolute Gasteiger partial charge is 0.0860 e. The molecule has 2 aliphatic rings. The van der Waals surface area contributed by atoms with E-state index in [1.807, 2.05) is 0 Å². The largest absolute Gasteiger partial charge is 0.388 e. The minimum absolute atomic E-state index is 0.428. The van der Waals surface area contributed by atoms with Gasteiger partial charge in [-0.25, -0.2) is 0 Å². The minimum Gasteiger partial charge on any atom is -0.388 e. The van der Waals surface area contributed by atoms with Crippen LogP contribution in [0.2, 0.25) is 0 Å². The summed E-state index contributed by atoms with van der Waals surface area (Å²) in [6.07, 6.45) is 11.8. The second-order valence-electron chi connectivity index (χ2n) is 6.52. The number of nitriles is 1. The fourth-order valence-corrected chi connectivity index (χ4v) is 4.17. The molecule has 0 aromatic carbocycles. The first-order valence-electron chi connectivity index (χ1n) is 7.79. The van der Waals surface area contributed by atoms with Crippen LogP contribution < -0.4 is 0 Å². The minimum atomic E-state index is -0.688. The Hall–Kier alpha value is -0.550. The van der Waals surface area contributed by atoms with Crippen LogP contribution in [-0.4, -0.2) is 10.7 Å². The Morgan fingerprint density at radius 3 is 2.22 bits per heavy atom. The molecule has 2 fully saturated rings. The predicted octanol–water partition coefficient (Wildman–Crippen LogP) is 4.18. The molecule has 2 saturated carbocycles. The van der Waals surface area contributed by atoms with Crippen molar-refractivity contribution in [3.8, 4) is 6.07 Å². The maximum Gasteiger partial charge on any atom is 0.0860 e. The standard InChI is InChI=1S/C16H27NO/c1-2-6-14-7-11-16(18,12-8-14)15(13-17)9-4-3-5-10-15/h14,18H,2-12H2,1H3. The van der Waals surface area contributed by atoms with E-state index in [1.165, 1.54) is 19.3 Å². The summed E-state index contributed by atoms with van der Waals surface area (Å²) < 4.78 is 0. The van der Waals surface area contributed by atoms with Gasteiger partial charge in [0.1, 0.15) is 0 Å². The molecule has 0 radical (unpaired) electrons. The van der Waals surface area contributed by atoms with Gasteiger partial charge in [-0.15, -0.1) is 0 Å². The van der Waals surface area contributed by atoms with Gasteiger partial charge in [-0.2, -0.15) is 5.26 Å². The molecular formula is C16H27NO. The third kappa shape index (κ3) is 2.43. The van der Waals surface area contributed by atoms with Gasteiger partial charge in [0.15, 0.2) is 0 Å². The molecule has 0 unspecified atom stereocenters. The normalized spacial score (nSPS) is 35.9. The predicted molar refractivity (Wildman–Crippen MR) is 72.9 cm³/mol. The van der Waals surface area contributed by atoms with Crippen molar-refractivity contribution in [1.29, 1.82) is 5.26 Å². The van der Waals surface area contributed by atoms with Gasteiger partial charge in [-0.1, -0.05) is 39.0 Å². The maximum atomic E-state index is 11.0. The summed E-state index contributed by atoms with van der Waals surface area (Å²) in [4.78, 5) is 0. The molecule has 2 aliphatic carbocycles.